The van der Waals surface area contributed by atoms with Gasteiger partial charge in [-0.05, 0) is 38.7 Å². The van der Waals surface area contributed by atoms with Crippen molar-refractivity contribution in [3.05, 3.63) is 35.3 Å². The molecule has 2 saturated heterocycles. The molecular weight excluding hydrogens is 468 g/mol. The van der Waals surface area contributed by atoms with Gasteiger partial charge in [-0.1, -0.05) is 28.9 Å². The fourth-order valence-electron chi connectivity index (χ4n) is 5.36. The van der Waals surface area contributed by atoms with Crippen LogP contribution < -0.4 is 5.73 Å². The van der Waals surface area contributed by atoms with Gasteiger partial charge in [0.15, 0.2) is 0 Å². The van der Waals surface area contributed by atoms with E-state index in [1.807, 2.05) is 12.1 Å². The van der Waals surface area contributed by atoms with Crippen LogP contribution in [0, 0.1) is 5.92 Å². The molecule has 10 heteroatoms. The lowest BCUT2D eigenvalue weighted by atomic mass is 10.0. The predicted octanol–water partition coefficient (Wildman–Crippen LogP) is 3.15. The lowest BCUT2D eigenvalue weighted by Gasteiger charge is -2.43. The summed E-state index contributed by atoms with van der Waals surface area (Å²) in [5, 5.41) is 6.08. The SMILES string of the molecule is C[C@@H]1CN(Cc2nc(-c3cn(CC4CCOCC4)c4c(Cl)cccc34)no2)[C@@H](C)CN1CC(N)=O. The van der Waals surface area contributed by atoms with E-state index >= 15 is 0 Å². The number of amides is 1. The van der Waals surface area contributed by atoms with Gasteiger partial charge in [-0.15, -0.1) is 0 Å². The van der Waals surface area contributed by atoms with E-state index in [1.165, 1.54) is 0 Å². The Hall–Kier alpha value is -2.46. The summed E-state index contributed by atoms with van der Waals surface area (Å²) < 4.78 is 13.5. The van der Waals surface area contributed by atoms with Crippen LogP contribution in [0.1, 0.15) is 32.6 Å². The van der Waals surface area contributed by atoms with Crippen LogP contribution in [0.4, 0.5) is 0 Å². The number of fused-ring (bicyclic) bond motifs is 1. The van der Waals surface area contributed by atoms with Crippen LogP contribution in [0.5, 0.6) is 0 Å². The summed E-state index contributed by atoms with van der Waals surface area (Å²) in [6.07, 6.45) is 4.21. The zero-order chi connectivity index (χ0) is 24.5. The summed E-state index contributed by atoms with van der Waals surface area (Å²) in [4.78, 5) is 20.6. The summed E-state index contributed by atoms with van der Waals surface area (Å²) in [5.74, 6) is 1.41. The molecule has 3 aromatic rings. The van der Waals surface area contributed by atoms with Gasteiger partial charge in [0.2, 0.25) is 17.6 Å². The maximum atomic E-state index is 11.4. The normalized spacial score (nSPS) is 22.7. The van der Waals surface area contributed by atoms with Crippen LogP contribution in [0.3, 0.4) is 0 Å². The molecule has 188 valence electrons. The van der Waals surface area contributed by atoms with Gasteiger partial charge >= 0.3 is 0 Å². The molecule has 2 fully saturated rings. The molecule has 9 nitrogen and oxygen atoms in total. The number of carbonyl (C=O) groups excluding carboxylic acids is 1. The molecule has 1 amide bonds. The molecule has 0 aliphatic carbocycles. The van der Waals surface area contributed by atoms with Gasteiger partial charge in [0.05, 0.1) is 23.6 Å². The van der Waals surface area contributed by atoms with Gasteiger partial charge in [-0.2, -0.15) is 4.98 Å². The Morgan fingerprint density at radius 1 is 1.17 bits per heavy atom. The molecule has 0 radical (unpaired) electrons. The average molecular weight is 501 g/mol. The number of aromatic nitrogens is 3. The first kappa shape index (κ1) is 24.2. The minimum Gasteiger partial charge on any atom is -0.381 e. The van der Waals surface area contributed by atoms with Crippen molar-refractivity contribution in [2.24, 2.45) is 11.7 Å². The summed E-state index contributed by atoms with van der Waals surface area (Å²) in [6.45, 7) is 9.17. The summed E-state index contributed by atoms with van der Waals surface area (Å²) >= 11 is 6.64. The first-order valence-electron chi connectivity index (χ1n) is 12.3. The minimum absolute atomic E-state index is 0.214. The van der Waals surface area contributed by atoms with Crippen molar-refractivity contribution >= 4 is 28.4 Å². The number of primary amides is 1. The highest BCUT2D eigenvalue weighted by atomic mass is 35.5. The Balaban J connectivity index is 1.36. The fourth-order valence-corrected chi connectivity index (χ4v) is 5.64. The van der Waals surface area contributed by atoms with Crippen molar-refractivity contribution in [2.45, 2.75) is 51.9 Å². The Morgan fingerprint density at radius 2 is 1.91 bits per heavy atom. The molecule has 2 aromatic heterocycles. The molecule has 0 saturated carbocycles. The van der Waals surface area contributed by atoms with E-state index in [1.54, 1.807) is 0 Å². The van der Waals surface area contributed by atoms with Crippen molar-refractivity contribution in [2.75, 3.05) is 32.8 Å². The number of carbonyl (C=O) groups is 1. The van der Waals surface area contributed by atoms with Gasteiger partial charge in [0, 0.05) is 62.1 Å². The molecule has 2 aliphatic heterocycles. The zero-order valence-corrected chi connectivity index (χ0v) is 21.1. The van der Waals surface area contributed by atoms with Crippen LogP contribution in [-0.2, 0) is 22.6 Å². The predicted molar refractivity (Wildman–Crippen MR) is 134 cm³/mol. The second-order valence-electron chi connectivity index (χ2n) is 9.92. The van der Waals surface area contributed by atoms with Crippen molar-refractivity contribution in [3.8, 4) is 11.4 Å². The van der Waals surface area contributed by atoms with Gasteiger partial charge in [-0.25, -0.2) is 0 Å². The van der Waals surface area contributed by atoms with Gasteiger partial charge in [0.1, 0.15) is 0 Å². The third-order valence-corrected chi connectivity index (χ3v) is 7.60. The number of piperazine rings is 1. The standard InChI is InChI=1S/C25H33ClN6O3/c1-16-11-31(17(2)10-30(16)14-22(27)33)15-23-28-25(29-35-23)20-13-32(12-18-6-8-34-9-7-18)24-19(20)4-3-5-21(24)26/h3-5,13,16-18H,6-12,14-15H2,1-2H3,(H2,27,33)/t16-,17+/m1/s1. The largest absolute Gasteiger partial charge is 0.381 e. The topological polar surface area (TPSA) is 103 Å². The molecule has 2 atom stereocenters. The van der Waals surface area contributed by atoms with Crippen LogP contribution in [-0.4, -0.2) is 75.3 Å². The smallest absolute Gasteiger partial charge is 0.241 e. The van der Waals surface area contributed by atoms with E-state index in [4.69, 9.17) is 31.6 Å². The molecule has 0 unspecified atom stereocenters. The second-order valence-corrected chi connectivity index (χ2v) is 10.3. The second kappa shape index (κ2) is 10.3. The highest BCUT2D eigenvalue weighted by Crippen LogP contribution is 2.34. The van der Waals surface area contributed by atoms with Gasteiger partial charge < -0.3 is 19.6 Å². The third kappa shape index (κ3) is 5.23. The molecule has 1 aromatic carbocycles. The maximum absolute atomic E-state index is 11.4. The first-order chi connectivity index (χ1) is 16.9. The number of nitrogens with two attached hydrogens (primary N) is 1. The lowest BCUT2D eigenvalue weighted by molar-refractivity contribution is -0.120. The van der Waals surface area contributed by atoms with E-state index in [2.05, 4.69) is 45.6 Å². The van der Waals surface area contributed by atoms with E-state index in [0.29, 0.717) is 24.2 Å². The van der Waals surface area contributed by atoms with Crippen LogP contribution >= 0.6 is 11.6 Å². The molecular formula is C25H33ClN6O3. The Labute approximate surface area is 210 Å². The Morgan fingerprint density at radius 3 is 2.69 bits per heavy atom. The first-order valence-corrected chi connectivity index (χ1v) is 12.7. The number of ether oxygens (including phenoxy) is 1. The highest BCUT2D eigenvalue weighted by Gasteiger charge is 2.31. The summed E-state index contributed by atoms with van der Waals surface area (Å²) in [7, 11) is 0. The Kier molecular flexibility index (Phi) is 7.11. The van der Waals surface area contributed by atoms with E-state index < -0.39 is 0 Å². The molecule has 5 rings (SSSR count). The van der Waals surface area contributed by atoms with Crippen LogP contribution in [0.2, 0.25) is 5.02 Å². The lowest BCUT2D eigenvalue weighted by Crippen LogP contribution is -2.57. The zero-order valence-electron chi connectivity index (χ0n) is 20.3. The van der Waals surface area contributed by atoms with Crippen molar-refractivity contribution in [1.29, 1.82) is 0 Å². The third-order valence-electron chi connectivity index (χ3n) is 7.30. The maximum Gasteiger partial charge on any atom is 0.241 e. The number of hydrogen-bond acceptors (Lipinski definition) is 7. The molecule has 35 heavy (non-hydrogen) atoms. The molecule has 2 aliphatic rings. The molecule has 4 heterocycles. The molecule has 2 N–H and O–H groups in total. The number of halogens is 1. The van der Waals surface area contributed by atoms with Crippen molar-refractivity contribution < 1.29 is 14.1 Å². The Bertz CT molecular complexity index is 1190. The monoisotopic (exact) mass is 500 g/mol. The summed E-state index contributed by atoms with van der Waals surface area (Å²) in [6, 6.07) is 6.40. The minimum atomic E-state index is -0.296. The number of para-hydroxylation sites is 1. The van der Waals surface area contributed by atoms with Crippen molar-refractivity contribution in [1.82, 2.24) is 24.5 Å². The number of benzene rings is 1. The van der Waals surface area contributed by atoms with E-state index in [9.17, 15) is 4.79 Å². The quantitative estimate of drug-likeness (QED) is 0.531. The van der Waals surface area contributed by atoms with E-state index in [0.717, 1.165) is 67.2 Å². The average Bonchev–Trinajstić information content (AvgIpc) is 3.43. The van der Waals surface area contributed by atoms with Crippen LogP contribution in [0.25, 0.3) is 22.3 Å². The summed E-state index contributed by atoms with van der Waals surface area (Å²) in [5.41, 5.74) is 7.34. The number of hydrogen-bond donors (Lipinski definition) is 1. The van der Waals surface area contributed by atoms with Gasteiger partial charge in [-0.3, -0.25) is 14.6 Å². The fraction of sp³-hybridized carbons (Fsp3) is 0.560. The number of rotatable bonds is 7. The van der Waals surface area contributed by atoms with E-state index in [-0.39, 0.29) is 24.5 Å². The van der Waals surface area contributed by atoms with Gasteiger partial charge in [0.25, 0.3) is 0 Å². The van der Waals surface area contributed by atoms with Crippen LogP contribution in [0.15, 0.2) is 28.9 Å². The van der Waals surface area contributed by atoms with Crippen molar-refractivity contribution in [3.63, 3.8) is 0 Å². The highest BCUT2D eigenvalue weighted by molar-refractivity contribution is 6.35. The number of nitrogens with zero attached hydrogens (tertiary/aromatic N) is 5. The molecule has 0 spiro atoms. The molecule has 0 bridgehead atoms.